The highest BCUT2D eigenvalue weighted by molar-refractivity contribution is 9.11. The van der Waals surface area contributed by atoms with Crippen molar-refractivity contribution in [3.05, 3.63) is 32.7 Å². The number of rotatable bonds is 1. The van der Waals surface area contributed by atoms with Gasteiger partial charge in [-0.1, -0.05) is 31.9 Å². The van der Waals surface area contributed by atoms with Gasteiger partial charge in [-0.05, 0) is 36.6 Å². The van der Waals surface area contributed by atoms with Crippen LogP contribution in [-0.2, 0) is 0 Å². The summed E-state index contributed by atoms with van der Waals surface area (Å²) in [5.41, 5.74) is 2.47. The van der Waals surface area contributed by atoms with Gasteiger partial charge in [0.2, 0.25) is 0 Å². The molecule has 0 radical (unpaired) electrons. The van der Waals surface area contributed by atoms with Crippen LogP contribution in [0.5, 0.6) is 0 Å². The number of hydrogen-bond donors (Lipinski definition) is 0. The van der Waals surface area contributed by atoms with E-state index in [2.05, 4.69) is 49.0 Å². The van der Waals surface area contributed by atoms with Crippen LogP contribution in [0.1, 0.15) is 18.4 Å². The Balaban J connectivity index is 2.39. The molecule has 0 N–H and O–H groups in total. The Hall–Kier alpha value is -0.150. The van der Waals surface area contributed by atoms with E-state index in [1.807, 2.05) is 6.07 Å². The van der Waals surface area contributed by atoms with Crippen LogP contribution in [0.2, 0.25) is 0 Å². The van der Waals surface area contributed by atoms with Gasteiger partial charge in [0.05, 0.1) is 0 Å². The van der Waals surface area contributed by atoms with E-state index in [0.717, 1.165) is 21.9 Å². The van der Waals surface area contributed by atoms with Crippen molar-refractivity contribution < 1.29 is 0 Å². The number of benzene rings is 1. The highest BCUT2D eigenvalue weighted by Gasteiger charge is 2.09. The number of nitrogens with zero attached hydrogens (tertiary/aromatic N) is 1. The third kappa shape index (κ3) is 2.20. The molecule has 1 aliphatic rings. The standard InChI is InChI=1S/C10H9Br2N/c11-8-4-7(5-9(12)6-8)10-2-1-3-13-10/h4-6H,1-3H2. The van der Waals surface area contributed by atoms with Crippen LogP contribution in [0.3, 0.4) is 0 Å². The van der Waals surface area contributed by atoms with E-state index < -0.39 is 0 Å². The molecule has 0 spiro atoms. The summed E-state index contributed by atoms with van der Waals surface area (Å²) in [7, 11) is 0. The van der Waals surface area contributed by atoms with Crippen molar-refractivity contribution in [2.45, 2.75) is 12.8 Å². The summed E-state index contributed by atoms with van der Waals surface area (Å²) in [6.07, 6.45) is 2.31. The van der Waals surface area contributed by atoms with E-state index in [-0.39, 0.29) is 0 Å². The van der Waals surface area contributed by atoms with Gasteiger partial charge in [0.1, 0.15) is 0 Å². The summed E-state index contributed by atoms with van der Waals surface area (Å²) in [4.78, 5) is 4.46. The van der Waals surface area contributed by atoms with Gasteiger partial charge in [-0.15, -0.1) is 0 Å². The van der Waals surface area contributed by atoms with E-state index in [1.54, 1.807) is 0 Å². The lowest BCUT2D eigenvalue weighted by Crippen LogP contribution is -1.95. The highest BCUT2D eigenvalue weighted by atomic mass is 79.9. The maximum absolute atomic E-state index is 4.46. The Kier molecular flexibility index (Phi) is 2.84. The van der Waals surface area contributed by atoms with Crippen molar-refractivity contribution in [1.82, 2.24) is 0 Å². The fourth-order valence-electron chi connectivity index (χ4n) is 1.50. The van der Waals surface area contributed by atoms with Gasteiger partial charge in [0, 0.05) is 21.2 Å². The van der Waals surface area contributed by atoms with Crippen LogP contribution in [0.25, 0.3) is 0 Å². The third-order valence-corrected chi connectivity index (χ3v) is 2.99. The van der Waals surface area contributed by atoms with Crippen LogP contribution >= 0.6 is 31.9 Å². The average Bonchev–Trinajstić information content (AvgIpc) is 2.53. The minimum atomic E-state index is 0.986. The monoisotopic (exact) mass is 301 g/mol. The van der Waals surface area contributed by atoms with Crippen LogP contribution in [0, 0.1) is 0 Å². The molecule has 0 bridgehead atoms. The summed E-state index contributed by atoms with van der Waals surface area (Å²) in [5, 5.41) is 0. The second kappa shape index (κ2) is 3.93. The molecule has 0 fully saturated rings. The molecule has 3 heteroatoms. The highest BCUT2D eigenvalue weighted by Crippen LogP contribution is 2.23. The molecule has 68 valence electrons. The van der Waals surface area contributed by atoms with Gasteiger partial charge in [-0.3, -0.25) is 4.99 Å². The molecule has 1 aromatic rings. The normalized spacial score (nSPS) is 16.0. The molecule has 1 heterocycles. The maximum atomic E-state index is 4.46. The van der Waals surface area contributed by atoms with Crippen molar-refractivity contribution in [2.24, 2.45) is 4.99 Å². The predicted octanol–water partition coefficient (Wildman–Crippen LogP) is 3.79. The first-order chi connectivity index (χ1) is 6.25. The lowest BCUT2D eigenvalue weighted by molar-refractivity contribution is 0.951. The Morgan fingerprint density at radius 3 is 2.31 bits per heavy atom. The Bertz CT molecular complexity index is 338. The fraction of sp³-hybridized carbons (Fsp3) is 0.300. The first-order valence-corrected chi connectivity index (χ1v) is 5.84. The van der Waals surface area contributed by atoms with Crippen LogP contribution in [0.4, 0.5) is 0 Å². The molecule has 13 heavy (non-hydrogen) atoms. The first kappa shape index (κ1) is 9.41. The van der Waals surface area contributed by atoms with E-state index in [9.17, 15) is 0 Å². The number of halogens is 2. The smallest absolute Gasteiger partial charge is 0.0422 e. The van der Waals surface area contributed by atoms with Crippen LogP contribution < -0.4 is 0 Å². The third-order valence-electron chi connectivity index (χ3n) is 2.07. The summed E-state index contributed by atoms with van der Waals surface area (Å²) < 4.78 is 2.21. The van der Waals surface area contributed by atoms with Crippen LogP contribution in [-0.4, -0.2) is 12.3 Å². The van der Waals surface area contributed by atoms with E-state index in [0.29, 0.717) is 0 Å². The van der Waals surface area contributed by atoms with Crippen molar-refractivity contribution >= 4 is 37.6 Å². The second-order valence-corrected chi connectivity index (χ2v) is 4.92. The number of aliphatic imine (C=N–C) groups is 1. The zero-order valence-electron chi connectivity index (χ0n) is 7.06. The molecular weight excluding hydrogens is 294 g/mol. The molecule has 0 atom stereocenters. The molecule has 2 rings (SSSR count). The van der Waals surface area contributed by atoms with Gasteiger partial charge in [-0.2, -0.15) is 0 Å². The Morgan fingerprint density at radius 1 is 1.08 bits per heavy atom. The molecule has 1 nitrogen and oxygen atoms in total. The van der Waals surface area contributed by atoms with E-state index in [1.165, 1.54) is 17.7 Å². The van der Waals surface area contributed by atoms with Gasteiger partial charge in [0.25, 0.3) is 0 Å². The van der Waals surface area contributed by atoms with Crippen molar-refractivity contribution in [1.29, 1.82) is 0 Å². The summed E-state index contributed by atoms with van der Waals surface area (Å²) >= 11 is 6.95. The predicted molar refractivity (Wildman–Crippen MR) is 62.5 cm³/mol. The summed E-state index contributed by atoms with van der Waals surface area (Å²) in [6.45, 7) is 0.986. The zero-order chi connectivity index (χ0) is 9.26. The molecule has 0 aliphatic carbocycles. The van der Waals surface area contributed by atoms with Crippen molar-refractivity contribution in [3.8, 4) is 0 Å². The fourth-order valence-corrected chi connectivity index (χ4v) is 2.79. The SMILES string of the molecule is Brc1cc(Br)cc(C2=NCCC2)c1. The lowest BCUT2D eigenvalue weighted by Gasteiger charge is -2.02. The first-order valence-electron chi connectivity index (χ1n) is 4.25. The molecule has 1 aliphatic heterocycles. The van der Waals surface area contributed by atoms with Crippen LogP contribution in [0.15, 0.2) is 32.1 Å². The molecule has 0 aromatic heterocycles. The number of hydrogen-bond acceptors (Lipinski definition) is 1. The minimum absolute atomic E-state index is 0.986. The largest absolute Gasteiger partial charge is 0.289 e. The second-order valence-electron chi connectivity index (χ2n) is 3.09. The van der Waals surface area contributed by atoms with Gasteiger partial charge >= 0.3 is 0 Å². The Morgan fingerprint density at radius 2 is 1.77 bits per heavy atom. The summed E-state index contributed by atoms with van der Waals surface area (Å²) in [5.74, 6) is 0. The molecular formula is C10H9Br2N. The minimum Gasteiger partial charge on any atom is -0.289 e. The molecule has 1 aromatic carbocycles. The van der Waals surface area contributed by atoms with E-state index >= 15 is 0 Å². The lowest BCUT2D eigenvalue weighted by atomic mass is 10.1. The molecule has 0 saturated carbocycles. The quantitative estimate of drug-likeness (QED) is 0.748. The van der Waals surface area contributed by atoms with Crippen molar-refractivity contribution in [3.63, 3.8) is 0 Å². The zero-order valence-corrected chi connectivity index (χ0v) is 10.2. The van der Waals surface area contributed by atoms with Gasteiger partial charge in [-0.25, -0.2) is 0 Å². The topological polar surface area (TPSA) is 12.4 Å². The molecule has 0 unspecified atom stereocenters. The molecule has 0 amide bonds. The summed E-state index contributed by atoms with van der Waals surface area (Å²) in [6, 6.07) is 6.28. The van der Waals surface area contributed by atoms with Gasteiger partial charge in [0.15, 0.2) is 0 Å². The van der Waals surface area contributed by atoms with Crippen molar-refractivity contribution in [2.75, 3.05) is 6.54 Å². The van der Waals surface area contributed by atoms with E-state index in [4.69, 9.17) is 0 Å². The molecule has 0 saturated heterocycles. The Labute approximate surface area is 94.5 Å². The average molecular weight is 303 g/mol. The maximum Gasteiger partial charge on any atom is 0.0422 e. The van der Waals surface area contributed by atoms with Gasteiger partial charge < -0.3 is 0 Å².